The van der Waals surface area contributed by atoms with Crippen molar-refractivity contribution in [1.82, 2.24) is 5.32 Å². The van der Waals surface area contributed by atoms with Crippen molar-refractivity contribution in [1.29, 1.82) is 0 Å². The summed E-state index contributed by atoms with van der Waals surface area (Å²) >= 11 is 0. The number of nitrogens with one attached hydrogen (secondary N) is 1. The lowest BCUT2D eigenvalue weighted by Gasteiger charge is -2.15. The van der Waals surface area contributed by atoms with Gasteiger partial charge in [-0.05, 0) is 16.3 Å². The minimum atomic E-state index is -0.710. The summed E-state index contributed by atoms with van der Waals surface area (Å²) in [7, 11) is 0. The molecule has 0 amide bonds. The van der Waals surface area contributed by atoms with Gasteiger partial charge in [0.2, 0.25) is 0 Å². The predicted molar refractivity (Wildman–Crippen MR) is 77.9 cm³/mol. The normalized spacial score (nSPS) is 22.1. The second-order valence-corrected chi connectivity index (χ2v) is 4.82. The van der Waals surface area contributed by atoms with Crippen LogP contribution in [0.1, 0.15) is 11.5 Å². The molecule has 0 spiro atoms. The fraction of sp³-hybridized carbons (Fsp3) is 0.267. The second-order valence-electron chi connectivity index (χ2n) is 4.82. The Morgan fingerprint density at radius 2 is 1.84 bits per heavy atom. The van der Waals surface area contributed by atoms with E-state index in [1.165, 1.54) is 10.8 Å². The van der Waals surface area contributed by atoms with Crippen LogP contribution in [0.25, 0.3) is 10.8 Å². The van der Waals surface area contributed by atoms with E-state index < -0.39 is 5.97 Å². The molecular weight excluding hydrogens is 262 g/mol. The smallest absolute Gasteiger partial charge is 0.308 e. The quantitative estimate of drug-likeness (QED) is 0.887. The van der Waals surface area contributed by atoms with E-state index in [2.05, 4.69) is 35.6 Å². The first-order valence-electron chi connectivity index (χ1n) is 6.18. The van der Waals surface area contributed by atoms with Crippen LogP contribution in [0.15, 0.2) is 42.5 Å². The third kappa shape index (κ3) is 2.57. The number of hydrogen-bond acceptors (Lipinski definition) is 2. The third-order valence-corrected chi connectivity index (χ3v) is 3.73. The second kappa shape index (κ2) is 5.59. The van der Waals surface area contributed by atoms with Crippen molar-refractivity contribution in [2.75, 3.05) is 13.1 Å². The van der Waals surface area contributed by atoms with E-state index in [1.807, 2.05) is 12.1 Å². The molecule has 0 aromatic heterocycles. The van der Waals surface area contributed by atoms with Gasteiger partial charge in [-0.1, -0.05) is 42.5 Å². The van der Waals surface area contributed by atoms with Crippen LogP contribution < -0.4 is 5.32 Å². The Balaban J connectivity index is 0.00000133. The highest BCUT2D eigenvalue weighted by molar-refractivity contribution is 5.85. The van der Waals surface area contributed by atoms with Crippen LogP contribution in [-0.4, -0.2) is 24.2 Å². The molecule has 100 valence electrons. The Bertz CT molecular complexity index is 599. The molecular formula is C15H16ClNO2. The molecule has 0 unspecified atom stereocenters. The summed E-state index contributed by atoms with van der Waals surface area (Å²) in [5.41, 5.74) is 1.12. The van der Waals surface area contributed by atoms with Crippen molar-refractivity contribution in [2.24, 2.45) is 5.92 Å². The van der Waals surface area contributed by atoms with Gasteiger partial charge in [0.05, 0.1) is 5.92 Å². The third-order valence-electron chi connectivity index (χ3n) is 3.73. The average molecular weight is 278 g/mol. The minimum absolute atomic E-state index is 0. The maximum atomic E-state index is 11.2. The summed E-state index contributed by atoms with van der Waals surface area (Å²) in [5, 5.41) is 14.8. The molecule has 2 aromatic carbocycles. The Morgan fingerprint density at radius 3 is 2.58 bits per heavy atom. The van der Waals surface area contributed by atoms with Gasteiger partial charge < -0.3 is 10.4 Å². The van der Waals surface area contributed by atoms with Crippen molar-refractivity contribution in [3.63, 3.8) is 0 Å². The lowest BCUT2D eigenvalue weighted by atomic mass is 9.88. The summed E-state index contributed by atoms with van der Waals surface area (Å²) in [5.74, 6) is -0.948. The van der Waals surface area contributed by atoms with E-state index in [4.69, 9.17) is 0 Å². The molecule has 1 fully saturated rings. The van der Waals surface area contributed by atoms with Crippen molar-refractivity contribution in [3.05, 3.63) is 48.0 Å². The van der Waals surface area contributed by atoms with Gasteiger partial charge in [-0.3, -0.25) is 4.79 Å². The molecule has 1 aliphatic heterocycles. The monoisotopic (exact) mass is 277 g/mol. The molecule has 3 nitrogen and oxygen atoms in total. The summed E-state index contributed by atoms with van der Waals surface area (Å²) in [4.78, 5) is 11.2. The fourth-order valence-electron chi connectivity index (χ4n) is 2.73. The molecule has 0 bridgehead atoms. The van der Waals surface area contributed by atoms with Gasteiger partial charge in [0.25, 0.3) is 0 Å². The largest absolute Gasteiger partial charge is 0.481 e. The average Bonchev–Trinajstić information content (AvgIpc) is 2.87. The molecule has 4 heteroatoms. The van der Waals surface area contributed by atoms with Crippen LogP contribution in [0, 0.1) is 5.92 Å². The summed E-state index contributed by atoms with van der Waals surface area (Å²) in [6, 6.07) is 14.4. The maximum absolute atomic E-state index is 11.2. The molecule has 1 aliphatic rings. The van der Waals surface area contributed by atoms with Gasteiger partial charge in [-0.15, -0.1) is 12.4 Å². The highest BCUT2D eigenvalue weighted by Crippen LogP contribution is 2.30. The molecule has 2 N–H and O–H groups in total. The first kappa shape index (κ1) is 13.8. The Labute approximate surface area is 118 Å². The summed E-state index contributed by atoms with van der Waals surface area (Å²) in [6.45, 7) is 1.31. The van der Waals surface area contributed by atoms with Crippen LogP contribution in [0.3, 0.4) is 0 Å². The van der Waals surface area contributed by atoms with Crippen LogP contribution in [-0.2, 0) is 4.79 Å². The van der Waals surface area contributed by atoms with Crippen LogP contribution in [0.5, 0.6) is 0 Å². The van der Waals surface area contributed by atoms with Gasteiger partial charge in [0, 0.05) is 19.0 Å². The fourth-order valence-corrected chi connectivity index (χ4v) is 2.73. The molecule has 0 saturated carbocycles. The molecule has 19 heavy (non-hydrogen) atoms. The topological polar surface area (TPSA) is 49.3 Å². The van der Waals surface area contributed by atoms with E-state index in [0.29, 0.717) is 6.54 Å². The number of aliphatic carboxylic acids is 1. The van der Waals surface area contributed by atoms with Gasteiger partial charge in [0.1, 0.15) is 0 Å². The molecule has 2 aromatic rings. The Hall–Kier alpha value is -1.58. The van der Waals surface area contributed by atoms with Gasteiger partial charge in [0.15, 0.2) is 0 Å². The molecule has 0 aliphatic carbocycles. The van der Waals surface area contributed by atoms with E-state index in [9.17, 15) is 9.90 Å². The van der Waals surface area contributed by atoms with Gasteiger partial charge in [-0.2, -0.15) is 0 Å². The Morgan fingerprint density at radius 1 is 1.11 bits per heavy atom. The molecule has 1 saturated heterocycles. The van der Waals surface area contributed by atoms with Crippen molar-refractivity contribution >= 4 is 29.1 Å². The number of benzene rings is 2. The van der Waals surface area contributed by atoms with Crippen LogP contribution in [0.2, 0.25) is 0 Å². The maximum Gasteiger partial charge on any atom is 0.308 e. The number of rotatable bonds is 2. The zero-order valence-electron chi connectivity index (χ0n) is 10.4. The van der Waals surface area contributed by atoms with Crippen LogP contribution in [0.4, 0.5) is 0 Å². The van der Waals surface area contributed by atoms with Gasteiger partial charge >= 0.3 is 5.97 Å². The van der Waals surface area contributed by atoms with E-state index in [1.54, 1.807) is 0 Å². The number of halogens is 1. The standard InChI is InChI=1S/C15H15NO2.ClH/c17-15(18)14-9-16-8-13(14)12-6-5-10-3-1-2-4-11(10)7-12;/h1-7,13-14,16H,8-9H2,(H,17,18);1H/t13-,14+;/m1./s1. The molecule has 3 rings (SSSR count). The number of hydrogen-bond donors (Lipinski definition) is 2. The minimum Gasteiger partial charge on any atom is -0.481 e. The number of fused-ring (bicyclic) bond motifs is 1. The summed E-state index contributed by atoms with van der Waals surface area (Å²) in [6.07, 6.45) is 0. The van der Waals surface area contributed by atoms with Crippen LogP contribution >= 0.6 is 12.4 Å². The first-order valence-corrected chi connectivity index (χ1v) is 6.18. The van der Waals surface area contributed by atoms with E-state index >= 15 is 0 Å². The van der Waals surface area contributed by atoms with E-state index in [0.717, 1.165) is 12.1 Å². The van der Waals surface area contributed by atoms with E-state index in [-0.39, 0.29) is 24.2 Å². The first-order chi connectivity index (χ1) is 8.75. The summed E-state index contributed by atoms with van der Waals surface area (Å²) < 4.78 is 0. The molecule has 1 heterocycles. The zero-order chi connectivity index (χ0) is 12.5. The lowest BCUT2D eigenvalue weighted by Crippen LogP contribution is -2.20. The van der Waals surface area contributed by atoms with Crippen molar-refractivity contribution in [3.8, 4) is 0 Å². The SMILES string of the molecule is Cl.O=C(O)[C@H]1CNC[C@@H]1c1ccc2ccccc2c1. The number of carboxylic acid groups (broad SMARTS) is 1. The highest BCUT2D eigenvalue weighted by Gasteiger charge is 2.33. The highest BCUT2D eigenvalue weighted by atomic mass is 35.5. The molecule has 2 atom stereocenters. The van der Waals surface area contributed by atoms with Crippen molar-refractivity contribution < 1.29 is 9.90 Å². The number of carboxylic acids is 1. The predicted octanol–water partition coefficient (Wildman–Crippen LogP) is 2.65. The van der Waals surface area contributed by atoms with Gasteiger partial charge in [-0.25, -0.2) is 0 Å². The van der Waals surface area contributed by atoms with Crippen molar-refractivity contribution in [2.45, 2.75) is 5.92 Å². The number of carbonyl (C=O) groups is 1. The molecule has 0 radical (unpaired) electrons. The zero-order valence-corrected chi connectivity index (χ0v) is 11.2. The lowest BCUT2D eigenvalue weighted by molar-refractivity contribution is -0.141. The Kier molecular flexibility index (Phi) is 4.08.